The zero-order chi connectivity index (χ0) is 14.8. The van der Waals surface area contributed by atoms with Gasteiger partial charge in [-0.05, 0) is 36.6 Å². The van der Waals surface area contributed by atoms with Crippen LogP contribution in [0.4, 0.5) is 11.4 Å². The highest BCUT2D eigenvalue weighted by Gasteiger charge is 2.14. The van der Waals surface area contributed by atoms with Gasteiger partial charge in [-0.25, -0.2) is 13.6 Å². The van der Waals surface area contributed by atoms with Gasteiger partial charge in [0, 0.05) is 17.1 Å². The number of hydrogen-bond acceptors (Lipinski definition) is 5. The first-order valence-electron chi connectivity index (χ1n) is 6.11. The molecule has 0 atom stereocenters. The Morgan fingerprint density at radius 3 is 2.55 bits per heavy atom. The van der Waals surface area contributed by atoms with Crippen molar-refractivity contribution in [1.82, 2.24) is 0 Å². The fourth-order valence-corrected chi connectivity index (χ4v) is 3.33. The Bertz CT molecular complexity index is 682. The van der Waals surface area contributed by atoms with Gasteiger partial charge in [0.25, 0.3) is 0 Å². The minimum absolute atomic E-state index is 0.0339. The number of nitrogens with two attached hydrogens (primary N) is 2. The van der Waals surface area contributed by atoms with Crippen LogP contribution in [0.3, 0.4) is 0 Å². The molecule has 0 amide bonds. The summed E-state index contributed by atoms with van der Waals surface area (Å²) < 4.78 is 22.7. The summed E-state index contributed by atoms with van der Waals surface area (Å²) in [5.74, 6) is 0. The molecule has 20 heavy (non-hydrogen) atoms. The van der Waals surface area contributed by atoms with Crippen LogP contribution in [0.15, 0.2) is 40.6 Å². The Kier molecular flexibility index (Phi) is 4.32. The fourth-order valence-electron chi connectivity index (χ4n) is 1.97. The lowest BCUT2D eigenvalue weighted by molar-refractivity contribution is 0.598. The molecule has 2 rings (SSSR count). The van der Waals surface area contributed by atoms with E-state index in [1.54, 1.807) is 23.5 Å². The number of sulfonamides is 1. The van der Waals surface area contributed by atoms with Crippen molar-refractivity contribution in [3.05, 3.63) is 40.6 Å². The molecule has 0 fully saturated rings. The largest absolute Gasteiger partial charge is 0.398 e. The van der Waals surface area contributed by atoms with Crippen LogP contribution in [0.2, 0.25) is 0 Å². The van der Waals surface area contributed by atoms with Gasteiger partial charge in [-0.2, -0.15) is 0 Å². The summed E-state index contributed by atoms with van der Waals surface area (Å²) in [6, 6.07) is 8.91. The summed E-state index contributed by atoms with van der Waals surface area (Å²) in [6.45, 7) is 3.60. The van der Waals surface area contributed by atoms with Crippen molar-refractivity contribution in [2.24, 2.45) is 5.14 Å². The topological polar surface area (TPSA) is 89.4 Å². The van der Waals surface area contributed by atoms with Crippen LogP contribution < -0.4 is 15.8 Å². The number of benzene rings is 1. The lowest BCUT2D eigenvalue weighted by Crippen LogP contribution is -2.22. The number of hydrogen-bond donors (Lipinski definition) is 2. The number of rotatable bonds is 5. The monoisotopic (exact) mass is 311 g/mol. The predicted octanol–water partition coefficient (Wildman–Crippen LogP) is 2.00. The first kappa shape index (κ1) is 14.8. The van der Waals surface area contributed by atoms with Crippen LogP contribution in [0.1, 0.15) is 11.8 Å². The Morgan fingerprint density at radius 1 is 1.30 bits per heavy atom. The standard InChI is InChI=1S/C13H17N3O2S2/c1-2-16(9-11-4-3-7-19-11)10-5-6-13(12(14)8-10)20(15,17)18/h3-8H,2,9,14H2,1H3,(H2,15,17,18). The summed E-state index contributed by atoms with van der Waals surface area (Å²) in [5.41, 5.74) is 6.85. The second-order valence-corrected chi connectivity index (χ2v) is 6.92. The van der Waals surface area contributed by atoms with Crippen LogP contribution in [-0.4, -0.2) is 15.0 Å². The van der Waals surface area contributed by atoms with E-state index in [1.807, 2.05) is 18.4 Å². The minimum Gasteiger partial charge on any atom is -0.398 e. The van der Waals surface area contributed by atoms with Crippen LogP contribution in [0.25, 0.3) is 0 Å². The smallest absolute Gasteiger partial charge is 0.240 e. The molecule has 2 aromatic rings. The molecule has 7 heteroatoms. The lowest BCUT2D eigenvalue weighted by atomic mass is 10.2. The zero-order valence-electron chi connectivity index (χ0n) is 11.1. The van der Waals surface area contributed by atoms with Crippen molar-refractivity contribution < 1.29 is 8.42 Å². The van der Waals surface area contributed by atoms with Gasteiger partial charge in [-0.3, -0.25) is 0 Å². The van der Waals surface area contributed by atoms with E-state index in [0.29, 0.717) is 0 Å². The predicted molar refractivity (Wildman–Crippen MR) is 83.3 cm³/mol. The maximum absolute atomic E-state index is 11.3. The summed E-state index contributed by atoms with van der Waals surface area (Å²) in [6.07, 6.45) is 0. The Morgan fingerprint density at radius 2 is 2.05 bits per heavy atom. The van der Waals surface area contributed by atoms with Gasteiger partial charge in [0.15, 0.2) is 0 Å². The molecule has 0 saturated carbocycles. The molecule has 0 saturated heterocycles. The first-order chi connectivity index (χ1) is 9.41. The second kappa shape index (κ2) is 5.82. The molecule has 1 aromatic carbocycles. The van der Waals surface area contributed by atoms with Crippen molar-refractivity contribution in [1.29, 1.82) is 0 Å². The third kappa shape index (κ3) is 3.30. The molecule has 0 bridgehead atoms. The van der Waals surface area contributed by atoms with Crippen molar-refractivity contribution >= 4 is 32.7 Å². The number of anilines is 2. The molecule has 0 aliphatic carbocycles. The molecule has 0 aliphatic heterocycles. The maximum atomic E-state index is 11.3. The highest BCUT2D eigenvalue weighted by Crippen LogP contribution is 2.26. The van der Waals surface area contributed by atoms with Crippen molar-refractivity contribution in [2.45, 2.75) is 18.4 Å². The van der Waals surface area contributed by atoms with Crippen LogP contribution >= 0.6 is 11.3 Å². The number of primary sulfonamides is 1. The SMILES string of the molecule is CCN(Cc1cccs1)c1ccc(S(N)(=O)=O)c(N)c1. The highest BCUT2D eigenvalue weighted by atomic mass is 32.2. The van der Waals surface area contributed by atoms with E-state index in [-0.39, 0.29) is 10.6 Å². The molecular weight excluding hydrogens is 294 g/mol. The number of nitrogen functional groups attached to an aromatic ring is 1. The van der Waals surface area contributed by atoms with Crippen molar-refractivity contribution in [3.63, 3.8) is 0 Å². The Hall–Kier alpha value is -1.57. The van der Waals surface area contributed by atoms with Gasteiger partial charge in [0.1, 0.15) is 4.90 Å². The molecule has 0 aliphatic rings. The number of thiophene rings is 1. The fraction of sp³-hybridized carbons (Fsp3) is 0.231. The average molecular weight is 311 g/mol. The van der Waals surface area contributed by atoms with Gasteiger partial charge >= 0.3 is 0 Å². The highest BCUT2D eigenvalue weighted by molar-refractivity contribution is 7.89. The quantitative estimate of drug-likeness (QED) is 0.827. The number of nitrogens with zero attached hydrogens (tertiary/aromatic N) is 1. The Labute approximate surface area is 122 Å². The minimum atomic E-state index is -3.77. The van der Waals surface area contributed by atoms with Crippen LogP contribution in [-0.2, 0) is 16.6 Å². The van der Waals surface area contributed by atoms with Crippen molar-refractivity contribution in [2.75, 3.05) is 17.2 Å². The molecule has 108 valence electrons. The molecule has 5 nitrogen and oxygen atoms in total. The van der Waals surface area contributed by atoms with Gasteiger partial charge in [0.05, 0.1) is 12.2 Å². The van der Waals surface area contributed by atoms with Gasteiger partial charge < -0.3 is 10.6 Å². The molecule has 0 spiro atoms. The molecule has 1 aromatic heterocycles. The summed E-state index contributed by atoms with van der Waals surface area (Å²) in [4.78, 5) is 3.32. The maximum Gasteiger partial charge on any atom is 0.240 e. The van der Waals surface area contributed by atoms with Crippen LogP contribution in [0.5, 0.6) is 0 Å². The van der Waals surface area contributed by atoms with Crippen LogP contribution in [0, 0.1) is 0 Å². The lowest BCUT2D eigenvalue weighted by Gasteiger charge is -2.23. The van der Waals surface area contributed by atoms with Gasteiger partial charge in [-0.1, -0.05) is 6.07 Å². The average Bonchev–Trinajstić information content (AvgIpc) is 2.87. The molecular formula is C13H17N3O2S2. The van der Waals surface area contributed by atoms with E-state index in [0.717, 1.165) is 18.8 Å². The Balaban J connectivity index is 2.29. The normalized spacial score (nSPS) is 11.5. The third-order valence-corrected chi connectivity index (χ3v) is 4.82. The molecule has 0 unspecified atom stereocenters. The summed E-state index contributed by atoms with van der Waals surface area (Å²) in [5, 5.41) is 7.14. The molecule has 4 N–H and O–H groups in total. The zero-order valence-corrected chi connectivity index (χ0v) is 12.7. The first-order valence-corrected chi connectivity index (χ1v) is 8.54. The second-order valence-electron chi connectivity index (χ2n) is 4.36. The van der Waals surface area contributed by atoms with E-state index in [9.17, 15) is 8.42 Å². The summed E-state index contributed by atoms with van der Waals surface area (Å²) >= 11 is 1.68. The third-order valence-electron chi connectivity index (χ3n) is 2.97. The van der Waals surface area contributed by atoms with E-state index in [1.165, 1.54) is 10.9 Å². The van der Waals surface area contributed by atoms with Gasteiger partial charge in [0.2, 0.25) is 10.0 Å². The van der Waals surface area contributed by atoms with E-state index in [2.05, 4.69) is 11.0 Å². The molecule has 1 heterocycles. The van der Waals surface area contributed by atoms with E-state index >= 15 is 0 Å². The van der Waals surface area contributed by atoms with Crippen molar-refractivity contribution in [3.8, 4) is 0 Å². The van der Waals surface area contributed by atoms with E-state index < -0.39 is 10.0 Å². The molecule has 0 radical (unpaired) electrons. The van der Waals surface area contributed by atoms with Gasteiger partial charge in [-0.15, -0.1) is 11.3 Å². The van der Waals surface area contributed by atoms with E-state index in [4.69, 9.17) is 10.9 Å². The summed E-state index contributed by atoms with van der Waals surface area (Å²) in [7, 11) is -3.77.